The summed E-state index contributed by atoms with van der Waals surface area (Å²) < 4.78 is 1.40. The van der Waals surface area contributed by atoms with Crippen LogP contribution >= 0.6 is 0 Å². The Bertz CT molecular complexity index is 438. The Morgan fingerprint density at radius 2 is 2.19 bits per heavy atom. The summed E-state index contributed by atoms with van der Waals surface area (Å²) in [5, 5.41) is 18.4. The molecular formula is C9H15N7. The maximum Gasteiger partial charge on any atom is 0.200 e. The molecule has 3 N–H and O–H groups in total. The van der Waals surface area contributed by atoms with E-state index in [9.17, 15) is 0 Å². The summed E-state index contributed by atoms with van der Waals surface area (Å²) in [7, 11) is 0. The minimum Gasteiger partial charge on any atom is -0.369 e. The van der Waals surface area contributed by atoms with Gasteiger partial charge in [0.25, 0.3) is 0 Å². The van der Waals surface area contributed by atoms with Gasteiger partial charge >= 0.3 is 0 Å². The second-order valence-corrected chi connectivity index (χ2v) is 3.52. The van der Waals surface area contributed by atoms with Crippen molar-refractivity contribution in [3.63, 3.8) is 0 Å². The number of aromatic nitrogens is 5. The van der Waals surface area contributed by atoms with Crippen molar-refractivity contribution in [3.05, 3.63) is 12.1 Å². The molecule has 2 aromatic heterocycles. The number of tetrazole rings is 1. The highest BCUT2D eigenvalue weighted by Gasteiger charge is 1.99. The van der Waals surface area contributed by atoms with Crippen LogP contribution in [0.1, 0.15) is 19.3 Å². The van der Waals surface area contributed by atoms with Crippen molar-refractivity contribution in [2.45, 2.75) is 19.3 Å². The van der Waals surface area contributed by atoms with Crippen LogP contribution in [0, 0.1) is 0 Å². The van der Waals surface area contributed by atoms with E-state index >= 15 is 0 Å². The number of nitrogens with one attached hydrogen (secondary N) is 1. The van der Waals surface area contributed by atoms with E-state index in [2.05, 4.69) is 25.9 Å². The second-order valence-electron chi connectivity index (χ2n) is 3.52. The van der Waals surface area contributed by atoms with Crippen LogP contribution in [0.25, 0.3) is 5.65 Å². The van der Waals surface area contributed by atoms with Gasteiger partial charge in [0, 0.05) is 6.54 Å². The molecular weight excluding hydrogens is 206 g/mol. The molecule has 0 radical (unpaired) electrons. The van der Waals surface area contributed by atoms with Crippen LogP contribution in [0.2, 0.25) is 0 Å². The van der Waals surface area contributed by atoms with Gasteiger partial charge in [0.1, 0.15) is 5.82 Å². The Labute approximate surface area is 93.0 Å². The van der Waals surface area contributed by atoms with E-state index in [1.54, 1.807) is 0 Å². The number of fused-ring (bicyclic) bond motifs is 1. The van der Waals surface area contributed by atoms with Crippen LogP contribution in [-0.2, 0) is 0 Å². The Hall–Kier alpha value is -1.76. The fraction of sp³-hybridized carbons (Fsp3) is 0.556. The molecule has 2 heterocycles. The second kappa shape index (κ2) is 5.36. The van der Waals surface area contributed by atoms with E-state index in [0.29, 0.717) is 5.65 Å². The van der Waals surface area contributed by atoms with Gasteiger partial charge in [-0.25, -0.2) is 0 Å². The SMILES string of the molecule is NCCCCCNc1ccc2nnnn2n1. The largest absolute Gasteiger partial charge is 0.369 e. The molecule has 7 heteroatoms. The van der Waals surface area contributed by atoms with Crippen molar-refractivity contribution >= 4 is 11.5 Å². The van der Waals surface area contributed by atoms with Gasteiger partial charge in [-0.2, -0.15) is 0 Å². The lowest BCUT2D eigenvalue weighted by atomic mass is 10.2. The Balaban J connectivity index is 1.84. The van der Waals surface area contributed by atoms with Gasteiger partial charge in [-0.15, -0.1) is 14.8 Å². The highest BCUT2D eigenvalue weighted by Crippen LogP contribution is 2.03. The summed E-state index contributed by atoms with van der Waals surface area (Å²) >= 11 is 0. The first-order valence-electron chi connectivity index (χ1n) is 5.39. The van der Waals surface area contributed by atoms with Gasteiger partial charge in [-0.3, -0.25) is 0 Å². The van der Waals surface area contributed by atoms with E-state index in [-0.39, 0.29) is 0 Å². The topological polar surface area (TPSA) is 94.0 Å². The quantitative estimate of drug-likeness (QED) is 0.670. The van der Waals surface area contributed by atoms with Crippen LogP contribution in [0.4, 0.5) is 5.82 Å². The molecule has 16 heavy (non-hydrogen) atoms. The first kappa shape index (κ1) is 10.7. The number of unbranched alkanes of at least 4 members (excludes halogenated alkanes) is 2. The van der Waals surface area contributed by atoms with Crippen molar-refractivity contribution in [3.8, 4) is 0 Å². The van der Waals surface area contributed by atoms with Crippen LogP contribution in [0.5, 0.6) is 0 Å². The summed E-state index contributed by atoms with van der Waals surface area (Å²) in [5.41, 5.74) is 6.06. The molecule has 0 saturated heterocycles. The monoisotopic (exact) mass is 221 g/mol. The van der Waals surface area contributed by atoms with Crippen LogP contribution in [0.15, 0.2) is 12.1 Å². The first-order valence-corrected chi connectivity index (χ1v) is 5.39. The first-order chi connectivity index (χ1) is 7.90. The van der Waals surface area contributed by atoms with Gasteiger partial charge in [-0.1, -0.05) is 6.42 Å². The third kappa shape index (κ3) is 2.63. The van der Waals surface area contributed by atoms with E-state index < -0.39 is 0 Å². The summed E-state index contributed by atoms with van der Waals surface area (Å²) in [5.74, 6) is 0.785. The smallest absolute Gasteiger partial charge is 0.200 e. The number of rotatable bonds is 6. The maximum absolute atomic E-state index is 5.41. The summed E-state index contributed by atoms with van der Waals surface area (Å²) in [6, 6.07) is 3.70. The van der Waals surface area contributed by atoms with E-state index in [1.807, 2.05) is 12.1 Å². The number of anilines is 1. The molecule has 7 nitrogen and oxygen atoms in total. The average Bonchev–Trinajstić information content (AvgIpc) is 2.76. The van der Waals surface area contributed by atoms with Gasteiger partial charge in [0.15, 0.2) is 5.65 Å². The summed E-state index contributed by atoms with van der Waals surface area (Å²) in [6.45, 7) is 1.65. The minimum absolute atomic E-state index is 0.647. The molecule has 0 fully saturated rings. The van der Waals surface area contributed by atoms with Gasteiger partial charge in [0.05, 0.1) is 0 Å². The van der Waals surface area contributed by atoms with Gasteiger partial charge in [0.2, 0.25) is 0 Å². The fourth-order valence-corrected chi connectivity index (χ4v) is 1.41. The molecule has 0 unspecified atom stereocenters. The predicted molar refractivity (Wildman–Crippen MR) is 60.0 cm³/mol. The van der Waals surface area contributed by atoms with Crippen LogP contribution < -0.4 is 11.1 Å². The molecule has 0 bridgehead atoms. The zero-order valence-electron chi connectivity index (χ0n) is 9.00. The molecule has 0 aliphatic heterocycles. The summed E-state index contributed by atoms with van der Waals surface area (Å²) in [6.07, 6.45) is 3.30. The Morgan fingerprint density at radius 1 is 1.25 bits per heavy atom. The van der Waals surface area contributed by atoms with Gasteiger partial charge in [-0.05, 0) is 41.9 Å². The van der Waals surface area contributed by atoms with Gasteiger partial charge < -0.3 is 11.1 Å². The molecule has 0 aliphatic carbocycles. The lowest BCUT2D eigenvalue weighted by Gasteiger charge is -2.04. The Morgan fingerprint density at radius 3 is 3.06 bits per heavy atom. The molecule has 0 amide bonds. The van der Waals surface area contributed by atoms with E-state index in [0.717, 1.165) is 38.2 Å². The molecule has 0 spiro atoms. The Kier molecular flexibility index (Phi) is 3.60. The van der Waals surface area contributed by atoms with Crippen LogP contribution in [0.3, 0.4) is 0 Å². The highest BCUT2D eigenvalue weighted by atomic mass is 15.6. The number of nitrogens with zero attached hydrogens (tertiary/aromatic N) is 5. The molecule has 2 aromatic rings. The maximum atomic E-state index is 5.41. The number of nitrogens with two attached hydrogens (primary N) is 1. The standard InChI is InChI=1S/C9H15N7/c10-6-2-1-3-7-11-8-4-5-9-12-14-15-16(9)13-8/h4-5H,1-3,6-7,10H2,(H,11,13). The predicted octanol–water partition coefficient (Wildman–Crippen LogP) is 0.0602. The highest BCUT2D eigenvalue weighted by molar-refractivity contribution is 5.41. The van der Waals surface area contributed by atoms with Crippen molar-refractivity contribution < 1.29 is 0 Å². The van der Waals surface area contributed by atoms with Crippen molar-refractivity contribution in [1.82, 2.24) is 25.3 Å². The van der Waals surface area contributed by atoms with E-state index in [4.69, 9.17) is 5.73 Å². The normalized spacial score (nSPS) is 10.8. The number of hydrogen-bond acceptors (Lipinski definition) is 6. The molecule has 0 aromatic carbocycles. The average molecular weight is 221 g/mol. The van der Waals surface area contributed by atoms with Crippen LogP contribution in [-0.4, -0.2) is 38.3 Å². The lowest BCUT2D eigenvalue weighted by Crippen LogP contribution is -2.07. The molecule has 0 atom stereocenters. The minimum atomic E-state index is 0.647. The lowest BCUT2D eigenvalue weighted by molar-refractivity contribution is 0.699. The third-order valence-electron chi connectivity index (χ3n) is 2.26. The van der Waals surface area contributed by atoms with E-state index in [1.165, 1.54) is 4.63 Å². The summed E-state index contributed by atoms with van der Waals surface area (Å²) in [4.78, 5) is 0. The molecule has 86 valence electrons. The molecule has 2 rings (SSSR count). The molecule has 0 saturated carbocycles. The fourth-order valence-electron chi connectivity index (χ4n) is 1.41. The molecule has 0 aliphatic rings. The van der Waals surface area contributed by atoms with Crippen molar-refractivity contribution in [2.75, 3.05) is 18.4 Å². The van der Waals surface area contributed by atoms with Crippen molar-refractivity contribution in [1.29, 1.82) is 0 Å². The van der Waals surface area contributed by atoms with Crippen molar-refractivity contribution in [2.24, 2.45) is 5.73 Å². The zero-order chi connectivity index (χ0) is 11.2. The zero-order valence-corrected chi connectivity index (χ0v) is 9.00. The third-order valence-corrected chi connectivity index (χ3v) is 2.26. The number of hydrogen-bond donors (Lipinski definition) is 2.